The molecule has 0 aromatic carbocycles. The number of hydrogen-bond acceptors (Lipinski definition) is 6. The number of methoxy groups -OCH3 is 1. The summed E-state index contributed by atoms with van der Waals surface area (Å²) in [6.45, 7) is 8.76. The summed E-state index contributed by atoms with van der Waals surface area (Å²) in [6, 6.07) is 0.686. The van der Waals surface area contributed by atoms with E-state index in [4.69, 9.17) is 18.9 Å². The number of carbonyl (C=O) groups is 1. The van der Waals surface area contributed by atoms with Gasteiger partial charge in [-0.3, -0.25) is 0 Å². The van der Waals surface area contributed by atoms with Crippen LogP contribution in [0.1, 0.15) is 46.5 Å². The molecule has 1 amide bonds. The van der Waals surface area contributed by atoms with Crippen LogP contribution >= 0.6 is 0 Å². The number of fused-ring (bicyclic) bond motifs is 2. The number of hydrogen-bond donors (Lipinski definition) is 1. The van der Waals surface area contributed by atoms with Gasteiger partial charge in [0.15, 0.2) is 0 Å². The molecular weight excluding hydrogens is 372 g/mol. The van der Waals surface area contributed by atoms with Crippen LogP contribution in [0.15, 0.2) is 11.6 Å². The van der Waals surface area contributed by atoms with Crippen LogP contribution in [0, 0.1) is 5.92 Å². The first-order valence-corrected chi connectivity index (χ1v) is 11.0. The molecular formula is C22H34N2O5. The SMILES string of the molecule is CO[C@H]1[C@H](C2(C)O[C@@H]2CC=C(C)C)[C@]2(CC[C@H]1OC(=O)N1CC3CC1CN3)CO2. The summed E-state index contributed by atoms with van der Waals surface area (Å²) >= 11 is 0. The Morgan fingerprint density at radius 1 is 1.38 bits per heavy atom. The predicted molar refractivity (Wildman–Crippen MR) is 107 cm³/mol. The van der Waals surface area contributed by atoms with Gasteiger partial charge in [0.25, 0.3) is 0 Å². The number of likely N-dealkylation sites (tertiary alicyclic amines) is 1. The fourth-order valence-electron chi connectivity index (χ4n) is 6.05. The molecule has 8 atom stereocenters. The van der Waals surface area contributed by atoms with E-state index in [0.29, 0.717) is 6.04 Å². The third kappa shape index (κ3) is 3.30. The summed E-state index contributed by atoms with van der Waals surface area (Å²) in [5.41, 5.74) is 0.813. The van der Waals surface area contributed by atoms with Crippen LogP contribution in [0.25, 0.3) is 0 Å². The lowest BCUT2D eigenvalue weighted by atomic mass is 9.68. The van der Waals surface area contributed by atoms with Crippen LogP contribution in [0.2, 0.25) is 0 Å². The number of piperazine rings is 1. The van der Waals surface area contributed by atoms with Gasteiger partial charge in [-0.15, -0.1) is 0 Å². The summed E-state index contributed by atoms with van der Waals surface area (Å²) in [4.78, 5) is 14.8. The number of amides is 1. The fraction of sp³-hybridized carbons (Fsp3) is 0.864. The van der Waals surface area contributed by atoms with Crippen LogP contribution in [-0.4, -0.2) is 79.4 Å². The molecule has 0 aromatic heterocycles. The van der Waals surface area contributed by atoms with Gasteiger partial charge in [0.2, 0.25) is 0 Å². The van der Waals surface area contributed by atoms with E-state index in [1.54, 1.807) is 7.11 Å². The molecule has 5 rings (SSSR count). The van der Waals surface area contributed by atoms with Crippen LogP contribution in [0.4, 0.5) is 4.79 Å². The maximum Gasteiger partial charge on any atom is 0.410 e. The van der Waals surface area contributed by atoms with E-state index in [1.807, 2.05) is 4.90 Å². The zero-order valence-corrected chi connectivity index (χ0v) is 18.0. The molecule has 7 nitrogen and oxygen atoms in total. The lowest BCUT2D eigenvalue weighted by molar-refractivity contribution is -0.122. The van der Waals surface area contributed by atoms with Gasteiger partial charge in [0, 0.05) is 32.3 Å². The Balaban J connectivity index is 1.30. The third-order valence-electron chi connectivity index (χ3n) is 7.78. The molecule has 4 saturated heterocycles. The van der Waals surface area contributed by atoms with Crippen molar-refractivity contribution in [2.75, 3.05) is 26.8 Å². The van der Waals surface area contributed by atoms with Gasteiger partial charge in [-0.1, -0.05) is 11.6 Å². The van der Waals surface area contributed by atoms with E-state index in [2.05, 4.69) is 32.2 Å². The molecule has 4 heterocycles. The number of rotatable bonds is 5. The van der Waals surface area contributed by atoms with Crippen molar-refractivity contribution in [1.29, 1.82) is 0 Å². The van der Waals surface area contributed by atoms with Crippen molar-refractivity contribution < 1.29 is 23.7 Å². The van der Waals surface area contributed by atoms with Crippen molar-refractivity contribution in [3.05, 3.63) is 11.6 Å². The Bertz CT molecular complexity index is 703. The number of carbonyl (C=O) groups excluding carboxylic acids is 1. The van der Waals surface area contributed by atoms with Gasteiger partial charge in [-0.25, -0.2) is 4.79 Å². The normalized spacial score (nSPS) is 47.4. The summed E-state index contributed by atoms with van der Waals surface area (Å²) < 4.78 is 24.2. The monoisotopic (exact) mass is 406 g/mol. The number of epoxide rings is 2. The van der Waals surface area contributed by atoms with E-state index >= 15 is 0 Å². The van der Waals surface area contributed by atoms with Gasteiger partial charge < -0.3 is 29.2 Å². The summed E-state index contributed by atoms with van der Waals surface area (Å²) in [7, 11) is 1.72. The molecule has 5 aliphatic rings. The Morgan fingerprint density at radius 3 is 2.76 bits per heavy atom. The number of allylic oxidation sites excluding steroid dienone is 1. The van der Waals surface area contributed by atoms with E-state index < -0.39 is 0 Å². The topological polar surface area (TPSA) is 75.9 Å². The lowest BCUT2D eigenvalue weighted by Gasteiger charge is -2.43. The highest BCUT2D eigenvalue weighted by molar-refractivity contribution is 5.69. The van der Waals surface area contributed by atoms with Crippen molar-refractivity contribution in [2.45, 2.75) is 88.1 Å². The fourth-order valence-corrected chi connectivity index (χ4v) is 6.05. The number of nitrogens with zero attached hydrogens (tertiary/aromatic N) is 1. The second-order valence-electron chi connectivity index (χ2n) is 9.95. The molecule has 7 heteroatoms. The minimum absolute atomic E-state index is 0.0683. The molecule has 5 fully saturated rings. The molecule has 3 unspecified atom stereocenters. The van der Waals surface area contributed by atoms with E-state index in [-0.39, 0.29) is 47.6 Å². The highest BCUT2D eigenvalue weighted by Gasteiger charge is 2.72. The van der Waals surface area contributed by atoms with Crippen LogP contribution in [0.5, 0.6) is 0 Å². The van der Waals surface area contributed by atoms with Gasteiger partial charge >= 0.3 is 6.09 Å². The van der Waals surface area contributed by atoms with Crippen LogP contribution < -0.4 is 5.32 Å². The quantitative estimate of drug-likeness (QED) is 0.558. The molecule has 0 aromatic rings. The Hall–Kier alpha value is -1.15. The first kappa shape index (κ1) is 19.8. The largest absolute Gasteiger partial charge is 0.443 e. The second kappa shape index (κ2) is 6.94. The average molecular weight is 407 g/mol. The molecule has 0 radical (unpaired) electrons. The minimum Gasteiger partial charge on any atom is -0.443 e. The first-order valence-electron chi connectivity index (χ1n) is 11.0. The van der Waals surface area contributed by atoms with Gasteiger partial charge in [-0.05, 0) is 46.5 Å². The molecule has 4 aliphatic heterocycles. The number of ether oxygens (including phenoxy) is 4. The molecule has 2 bridgehead atoms. The third-order valence-corrected chi connectivity index (χ3v) is 7.78. The van der Waals surface area contributed by atoms with E-state index in [0.717, 1.165) is 45.4 Å². The first-order chi connectivity index (χ1) is 13.9. The summed E-state index contributed by atoms with van der Waals surface area (Å²) in [5, 5.41) is 3.43. The Morgan fingerprint density at radius 2 is 2.17 bits per heavy atom. The summed E-state index contributed by atoms with van der Waals surface area (Å²) in [5.74, 6) is 0.0683. The van der Waals surface area contributed by atoms with Crippen molar-refractivity contribution >= 4 is 6.09 Å². The maximum atomic E-state index is 12.9. The molecule has 1 aliphatic carbocycles. The van der Waals surface area contributed by atoms with Crippen molar-refractivity contribution in [3.63, 3.8) is 0 Å². The zero-order valence-electron chi connectivity index (χ0n) is 18.0. The van der Waals surface area contributed by atoms with Crippen molar-refractivity contribution in [1.82, 2.24) is 10.2 Å². The Labute approximate surface area is 173 Å². The Kier molecular flexibility index (Phi) is 4.74. The van der Waals surface area contributed by atoms with Crippen molar-refractivity contribution in [3.8, 4) is 0 Å². The van der Waals surface area contributed by atoms with E-state index in [9.17, 15) is 4.79 Å². The predicted octanol–water partition coefficient (Wildman–Crippen LogP) is 2.25. The molecule has 29 heavy (non-hydrogen) atoms. The standard InChI is InChI=1S/C22H34N2O5/c1-13(2)5-6-17-21(3,29-17)19-18(26-4)16(7-8-22(19)12-27-22)28-20(25)24-11-14-9-15(24)10-23-14/h5,14-19,23H,6-12H2,1-4H3/t14?,15?,16-,17-,18-,19-,21?,22+/m1/s1. The van der Waals surface area contributed by atoms with Gasteiger partial charge in [-0.2, -0.15) is 0 Å². The molecule has 162 valence electrons. The minimum atomic E-state index is -0.301. The second-order valence-corrected chi connectivity index (χ2v) is 9.95. The highest BCUT2D eigenvalue weighted by Crippen LogP contribution is 2.59. The highest BCUT2D eigenvalue weighted by atomic mass is 16.6. The van der Waals surface area contributed by atoms with Crippen molar-refractivity contribution in [2.24, 2.45) is 5.92 Å². The lowest BCUT2D eigenvalue weighted by Crippen LogP contribution is -2.57. The summed E-state index contributed by atoms with van der Waals surface area (Å²) in [6.07, 6.45) is 5.32. The molecule has 1 N–H and O–H groups in total. The van der Waals surface area contributed by atoms with Gasteiger partial charge in [0.1, 0.15) is 23.4 Å². The molecule has 1 spiro atoms. The van der Waals surface area contributed by atoms with E-state index in [1.165, 1.54) is 5.57 Å². The molecule has 1 saturated carbocycles. The zero-order chi connectivity index (χ0) is 20.4. The average Bonchev–Trinajstić information content (AvgIpc) is 3.48. The van der Waals surface area contributed by atoms with Crippen LogP contribution in [-0.2, 0) is 18.9 Å². The number of nitrogens with one attached hydrogen (secondary N) is 1. The van der Waals surface area contributed by atoms with Gasteiger partial charge in [0.05, 0.1) is 18.6 Å². The van der Waals surface area contributed by atoms with Crippen LogP contribution in [0.3, 0.4) is 0 Å². The maximum absolute atomic E-state index is 12.9. The smallest absolute Gasteiger partial charge is 0.410 e.